The summed E-state index contributed by atoms with van der Waals surface area (Å²) in [4.78, 5) is 17.5. The Labute approximate surface area is 94.2 Å². The van der Waals surface area contributed by atoms with E-state index in [-0.39, 0.29) is 12.0 Å². The quantitative estimate of drug-likeness (QED) is 0.720. The Bertz CT molecular complexity index is 339. The molecule has 1 amide bonds. The van der Waals surface area contributed by atoms with E-state index in [1.165, 1.54) is 6.33 Å². The lowest BCUT2D eigenvalue weighted by atomic mass is 10.2. The van der Waals surface area contributed by atoms with Gasteiger partial charge in [0.1, 0.15) is 12.7 Å². The van der Waals surface area contributed by atoms with Crippen molar-refractivity contribution in [3.05, 3.63) is 12.7 Å². The molecule has 6 nitrogen and oxygen atoms in total. The summed E-state index contributed by atoms with van der Waals surface area (Å²) in [6.07, 6.45) is 3.70. The molecule has 1 aromatic rings. The second kappa shape index (κ2) is 5.07. The molecule has 0 aliphatic carbocycles. The number of amides is 1. The first-order valence-corrected chi connectivity index (χ1v) is 5.47. The predicted octanol–water partition coefficient (Wildman–Crippen LogP) is -0.0845. The van der Waals surface area contributed by atoms with Gasteiger partial charge < -0.3 is 9.64 Å². The van der Waals surface area contributed by atoms with Crippen molar-refractivity contribution >= 4 is 5.91 Å². The minimum Gasteiger partial charge on any atom is -0.375 e. The fraction of sp³-hybridized carbons (Fsp3) is 0.700. The summed E-state index contributed by atoms with van der Waals surface area (Å²) in [6.45, 7) is 4.59. The van der Waals surface area contributed by atoms with Crippen LogP contribution < -0.4 is 0 Å². The van der Waals surface area contributed by atoms with Crippen molar-refractivity contribution in [1.29, 1.82) is 0 Å². The van der Waals surface area contributed by atoms with E-state index in [1.807, 2.05) is 11.8 Å². The number of carbonyl (C=O) groups is 1. The first-order valence-electron chi connectivity index (χ1n) is 5.47. The molecule has 0 unspecified atom stereocenters. The summed E-state index contributed by atoms with van der Waals surface area (Å²) in [5, 5.41) is 3.96. The van der Waals surface area contributed by atoms with Crippen LogP contribution in [0.2, 0.25) is 0 Å². The Kier molecular flexibility index (Phi) is 3.51. The van der Waals surface area contributed by atoms with Crippen LogP contribution in [0.4, 0.5) is 0 Å². The number of nitrogens with zero attached hydrogens (tertiary/aromatic N) is 4. The predicted molar refractivity (Wildman–Crippen MR) is 56.6 cm³/mol. The summed E-state index contributed by atoms with van der Waals surface area (Å²) < 4.78 is 7.06. The average molecular weight is 224 g/mol. The standard InChI is InChI=1S/C10H16N4O2/c1-9-6-13(4-5-16-9)10(15)2-3-14-8-11-7-12-14/h7-9H,2-6H2,1H3/t9-/m0/s1. The lowest BCUT2D eigenvalue weighted by Crippen LogP contribution is -2.44. The van der Waals surface area contributed by atoms with E-state index in [4.69, 9.17) is 4.74 Å². The summed E-state index contributed by atoms with van der Waals surface area (Å²) in [5.41, 5.74) is 0. The average Bonchev–Trinajstić information content (AvgIpc) is 2.78. The van der Waals surface area contributed by atoms with E-state index >= 15 is 0 Å². The van der Waals surface area contributed by atoms with Gasteiger partial charge in [-0.3, -0.25) is 9.48 Å². The van der Waals surface area contributed by atoms with Crippen molar-refractivity contribution in [3.63, 3.8) is 0 Å². The molecule has 0 saturated carbocycles. The van der Waals surface area contributed by atoms with Crippen LogP contribution in [-0.2, 0) is 16.1 Å². The van der Waals surface area contributed by atoms with E-state index in [0.29, 0.717) is 32.7 Å². The maximum atomic E-state index is 11.8. The van der Waals surface area contributed by atoms with Gasteiger partial charge in [-0.15, -0.1) is 0 Å². The van der Waals surface area contributed by atoms with Gasteiger partial charge >= 0.3 is 0 Å². The Morgan fingerprint density at radius 2 is 2.50 bits per heavy atom. The molecule has 1 saturated heterocycles. The lowest BCUT2D eigenvalue weighted by molar-refractivity contribution is -0.138. The monoisotopic (exact) mass is 224 g/mol. The van der Waals surface area contributed by atoms with Crippen LogP contribution in [0.3, 0.4) is 0 Å². The van der Waals surface area contributed by atoms with E-state index in [1.54, 1.807) is 11.0 Å². The zero-order chi connectivity index (χ0) is 11.4. The van der Waals surface area contributed by atoms with Crippen LogP contribution in [0.1, 0.15) is 13.3 Å². The van der Waals surface area contributed by atoms with E-state index < -0.39 is 0 Å². The molecular formula is C10H16N4O2. The second-order valence-corrected chi connectivity index (χ2v) is 3.93. The normalized spacial score (nSPS) is 21.1. The molecule has 88 valence electrons. The molecular weight excluding hydrogens is 208 g/mol. The molecule has 2 rings (SSSR count). The Balaban J connectivity index is 1.79. The number of carbonyl (C=O) groups excluding carboxylic acids is 1. The highest BCUT2D eigenvalue weighted by Gasteiger charge is 2.20. The molecule has 6 heteroatoms. The fourth-order valence-electron chi connectivity index (χ4n) is 1.76. The van der Waals surface area contributed by atoms with Crippen molar-refractivity contribution in [3.8, 4) is 0 Å². The molecule has 16 heavy (non-hydrogen) atoms. The molecule has 1 aliphatic rings. The van der Waals surface area contributed by atoms with E-state index in [2.05, 4.69) is 10.1 Å². The number of ether oxygens (including phenoxy) is 1. The van der Waals surface area contributed by atoms with Gasteiger partial charge in [0.2, 0.25) is 5.91 Å². The highest BCUT2D eigenvalue weighted by atomic mass is 16.5. The van der Waals surface area contributed by atoms with Crippen molar-refractivity contribution in [2.45, 2.75) is 26.0 Å². The molecule has 0 aromatic carbocycles. The summed E-state index contributed by atoms with van der Waals surface area (Å²) in [5.74, 6) is 0.158. The van der Waals surface area contributed by atoms with Crippen molar-refractivity contribution in [1.82, 2.24) is 19.7 Å². The highest BCUT2D eigenvalue weighted by Crippen LogP contribution is 2.06. The van der Waals surface area contributed by atoms with Gasteiger partial charge in [0.25, 0.3) is 0 Å². The van der Waals surface area contributed by atoms with Crippen LogP contribution in [0.5, 0.6) is 0 Å². The van der Waals surface area contributed by atoms with Crippen molar-refractivity contribution in [2.24, 2.45) is 0 Å². The third kappa shape index (κ3) is 2.79. The molecule has 1 aromatic heterocycles. The largest absolute Gasteiger partial charge is 0.375 e. The maximum absolute atomic E-state index is 11.8. The van der Waals surface area contributed by atoms with Gasteiger partial charge in [-0.2, -0.15) is 5.10 Å². The Morgan fingerprint density at radius 3 is 3.19 bits per heavy atom. The van der Waals surface area contributed by atoms with Gasteiger partial charge in [0.15, 0.2) is 0 Å². The molecule has 0 spiro atoms. The van der Waals surface area contributed by atoms with Crippen LogP contribution in [0, 0.1) is 0 Å². The Hall–Kier alpha value is -1.43. The summed E-state index contributed by atoms with van der Waals surface area (Å²) in [6, 6.07) is 0. The van der Waals surface area contributed by atoms with E-state index in [0.717, 1.165) is 0 Å². The Morgan fingerprint density at radius 1 is 1.62 bits per heavy atom. The molecule has 1 aliphatic heterocycles. The molecule has 1 atom stereocenters. The van der Waals surface area contributed by atoms with E-state index in [9.17, 15) is 4.79 Å². The molecule has 2 heterocycles. The van der Waals surface area contributed by atoms with Gasteiger partial charge in [0, 0.05) is 19.5 Å². The smallest absolute Gasteiger partial charge is 0.224 e. The number of morpholine rings is 1. The van der Waals surface area contributed by atoms with Gasteiger partial charge in [0.05, 0.1) is 19.3 Å². The second-order valence-electron chi connectivity index (χ2n) is 3.93. The van der Waals surface area contributed by atoms with Crippen molar-refractivity contribution in [2.75, 3.05) is 19.7 Å². The summed E-state index contributed by atoms with van der Waals surface area (Å²) in [7, 11) is 0. The highest BCUT2D eigenvalue weighted by molar-refractivity contribution is 5.76. The fourth-order valence-corrected chi connectivity index (χ4v) is 1.76. The minimum atomic E-state index is 0.143. The first kappa shape index (κ1) is 11.1. The minimum absolute atomic E-state index is 0.143. The molecule has 0 N–H and O–H groups in total. The van der Waals surface area contributed by atoms with Crippen LogP contribution in [0.25, 0.3) is 0 Å². The summed E-state index contributed by atoms with van der Waals surface area (Å²) >= 11 is 0. The first-order chi connectivity index (χ1) is 7.75. The SMILES string of the molecule is C[C@H]1CN(C(=O)CCn2cncn2)CCO1. The number of aromatic nitrogens is 3. The van der Waals surface area contributed by atoms with Crippen molar-refractivity contribution < 1.29 is 9.53 Å². The third-order valence-electron chi connectivity index (χ3n) is 2.62. The topological polar surface area (TPSA) is 60.2 Å². The van der Waals surface area contributed by atoms with Crippen LogP contribution >= 0.6 is 0 Å². The number of hydrogen-bond acceptors (Lipinski definition) is 4. The van der Waals surface area contributed by atoms with Gasteiger partial charge in [-0.25, -0.2) is 4.98 Å². The number of aryl methyl sites for hydroxylation is 1. The molecule has 1 fully saturated rings. The van der Waals surface area contributed by atoms with Gasteiger partial charge in [-0.05, 0) is 6.92 Å². The molecule has 0 bridgehead atoms. The van der Waals surface area contributed by atoms with Gasteiger partial charge in [-0.1, -0.05) is 0 Å². The van der Waals surface area contributed by atoms with Crippen LogP contribution in [0.15, 0.2) is 12.7 Å². The number of hydrogen-bond donors (Lipinski definition) is 0. The van der Waals surface area contributed by atoms with Crippen LogP contribution in [-0.4, -0.2) is 51.4 Å². The number of rotatable bonds is 3. The lowest BCUT2D eigenvalue weighted by Gasteiger charge is -2.31. The maximum Gasteiger partial charge on any atom is 0.224 e. The third-order valence-corrected chi connectivity index (χ3v) is 2.62. The zero-order valence-electron chi connectivity index (χ0n) is 9.37. The molecule has 0 radical (unpaired) electrons. The zero-order valence-corrected chi connectivity index (χ0v) is 9.37.